The number of hydrogen-bond acceptors (Lipinski definition) is 5. The van der Waals surface area contributed by atoms with Crippen LogP contribution in [-0.2, 0) is 0 Å². The largest absolute Gasteiger partial charge is 0.480 e. The first-order valence-electron chi connectivity index (χ1n) is 8.29. The van der Waals surface area contributed by atoms with Gasteiger partial charge in [0.2, 0.25) is 5.88 Å². The Kier molecular flexibility index (Phi) is 4.15. The Morgan fingerprint density at radius 3 is 2.48 bits per heavy atom. The Balaban J connectivity index is 2.01. The normalized spacial score (nSPS) is 10.5. The fourth-order valence-electron chi connectivity index (χ4n) is 3.00. The van der Waals surface area contributed by atoms with Crippen LogP contribution < -0.4 is 10.4 Å². The maximum atomic E-state index is 12.5. The van der Waals surface area contributed by atoms with Gasteiger partial charge in [0.25, 0.3) is 0 Å². The van der Waals surface area contributed by atoms with Gasteiger partial charge in [0, 0.05) is 10.9 Å². The summed E-state index contributed by atoms with van der Waals surface area (Å²) in [6, 6.07) is 22.3. The molecule has 2 aromatic carbocycles. The van der Waals surface area contributed by atoms with Gasteiger partial charge in [-0.2, -0.15) is 5.26 Å². The van der Waals surface area contributed by atoms with E-state index in [0.717, 1.165) is 10.9 Å². The van der Waals surface area contributed by atoms with Gasteiger partial charge < -0.3 is 9.15 Å². The van der Waals surface area contributed by atoms with E-state index in [1.54, 1.807) is 24.3 Å². The van der Waals surface area contributed by atoms with Crippen molar-refractivity contribution in [1.29, 1.82) is 5.26 Å². The van der Waals surface area contributed by atoms with Crippen LogP contribution in [0.1, 0.15) is 5.56 Å². The third kappa shape index (κ3) is 2.94. The Labute approximate surface area is 155 Å². The number of fused-ring (bicyclic) bond motifs is 1. The molecular formula is C22H14N2O3. The number of nitriles is 1. The summed E-state index contributed by atoms with van der Waals surface area (Å²) < 4.78 is 10.7. The molecule has 130 valence electrons. The highest BCUT2D eigenvalue weighted by atomic mass is 16.5. The summed E-state index contributed by atoms with van der Waals surface area (Å²) in [6.45, 7) is 0. The minimum atomic E-state index is -0.494. The summed E-state index contributed by atoms with van der Waals surface area (Å²) >= 11 is 0. The van der Waals surface area contributed by atoms with Crippen molar-refractivity contribution in [2.45, 2.75) is 0 Å². The van der Waals surface area contributed by atoms with Crippen LogP contribution in [0, 0.1) is 11.3 Å². The van der Waals surface area contributed by atoms with Crippen molar-refractivity contribution in [2.75, 3.05) is 7.11 Å². The number of nitrogens with zero attached hydrogens (tertiary/aromatic N) is 2. The second-order valence-electron chi connectivity index (χ2n) is 5.90. The molecule has 0 aliphatic rings. The van der Waals surface area contributed by atoms with E-state index in [4.69, 9.17) is 9.15 Å². The second-order valence-corrected chi connectivity index (χ2v) is 5.90. The summed E-state index contributed by atoms with van der Waals surface area (Å²) in [6.07, 6.45) is 0. The molecule has 0 atom stereocenters. The fraction of sp³-hybridized carbons (Fsp3) is 0.0455. The summed E-state index contributed by atoms with van der Waals surface area (Å²) in [5.41, 5.74) is 2.52. The second kappa shape index (κ2) is 6.77. The molecular weight excluding hydrogens is 340 g/mol. The van der Waals surface area contributed by atoms with Crippen molar-refractivity contribution in [3.05, 3.63) is 82.7 Å². The zero-order chi connectivity index (χ0) is 18.8. The lowest BCUT2D eigenvalue weighted by molar-refractivity contribution is 0.397. The Morgan fingerprint density at radius 2 is 1.74 bits per heavy atom. The van der Waals surface area contributed by atoms with Gasteiger partial charge in [-0.05, 0) is 23.8 Å². The molecule has 2 aromatic heterocycles. The quantitative estimate of drug-likeness (QED) is 0.510. The van der Waals surface area contributed by atoms with Crippen LogP contribution in [-0.4, -0.2) is 12.1 Å². The minimum Gasteiger partial charge on any atom is -0.480 e. The van der Waals surface area contributed by atoms with Gasteiger partial charge >= 0.3 is 5.63 Å². The predicted molar refractivity (Wildman–Crippen MR) is 102 cm³/mol. The predicted octanol–water partition coefficient (Wildman–Crippen LogP) is 4.40. The first-order valence-corrected chi connectivity index (χ1v) is 8.29. The SMILES string of the molecule is COc1nc(-c2cc3ccccc3oc2=O)cc(-c2ccccc2)c1C#N. The van der Waals surface area contributed by atoms with Gasteiger partial charge in [-0.3, -0.25) is 0 Å². The first kappa shape index (κ1) is 16.6. The Hall–Kier alpha value is -3.91. The van der Waals surface area contributed by atoms with Crippen LogP contribution in [0.2, 0.25) is 0 Å². The van der Waals surface area contributed by atoms with Crippen molar-refractivity contribution in [3.63, 3.8) is 0 Å². The number of ether oxygens (including phenoxy) is 1. The van der Waals surface area contributed by atoms with Gasteiger partial charge in [-0.15, -0.1) is 0 Å². The monoisotopic (exact) mass is 354 g/mol. The number of hydrogen-bond donors (Lipinski definition) is 0. The van der Waals surface area contributed by atoms with Crippen molar-refractivity contribution in [3.8, 4) is 34.3 Å². The summed E-state index contributed by atoms with van der Waals surface area (Å²) in [4.78, 5) is 16.9. The Morgan fingerprint density at radius 1 is 1.00 bits per heavy atom. The number of para-hydroxylation sites is 1. The van der Waals surface area contributed by atoms with Crippen LogP contribution in [0.5, 0.6) is 5.88 Å². The summed E-state index contributed by atoms with van der Waals surface area (Å²) in [7, 11) is 1.45. The molecule has 4 aromatic rings. The third-order valence-corrected chi connectivity index (χ3v) is 4.29. The van der Waals surface area contributed by atoms with Gasteiger partial charge in [-0.1, -0.05) is 48.5 Å². The van der Waals surface area contributed by atoms with Crippen LogP contribution in [0.15, 0.2) is 75.9 Å². The number of pyridine rings is 1. The Bertz CT molecular complexity index is 1240. The van der Waals surface area contributed by atoms with E-state index in [2.05, 4.69) is 11.1 Å². The van der Waals surface area contributed by atoms with Gasteiger partial charge in [0.15, 0.2) is 0 Å². The molecule has 0 aliphatic heterocycles. The van der Waals surface area contributed by atoms with Crippen molar-refractivity contribution in [2.24, 2.45) is 0 Å². The lowest BCUT2D eigenvalue weighted by atomic mass is 9.99. The average Bonchev–Trinajstić information content (AvgIpc) is 2.72. The van der Waals surface area contributed by atoms with Crippen molar-refractivity contribution in [1.82, 2.24) is 4.98 Å². The van der Waals surface area contributed by atoms with E-state index in [0.29, 0.717) is 28.0 Å². The van der Waals surface area contributed by atoms with Crippen molar-refractivity contribution < 1.29 is 9.15 Å². The first-order chi connectivity index (χ1) is 13.2. The van der Waals surface area contributed by atoms with E-state index in [-0.39, 0.29) is 5.88 Å². The summed E-state index contributed by atoms with van der Waals surface area (Å²) in [5, 5.41) is 10.4. The highest BCUT2D eigenvalue weighted by Gasteiger charge is 2.18. The van der Waals surface area contributed by atoms with Gasteiger partial charge in [-0.25, -0.2) is 9.78 Å². The molecule has 0 bridgehead atoms. The van der Waals surface area contributed by atoms with E-state index in [1.807, 2.05) is 42.5 Å². The molecule has 0 aliphatic carbocycles. The topological polar surface area (TPSA) is 76.1 Å². The van der Waals surface area contributed by atoms with Gasteiger partial charge in [0.05, 0.1) is 18.4 Å². The summed E-state index contributed by atoms with van der Waals surface area (Å²) in [5.74, 6) is 0.168. The number of rotatable bonds is 3. The van der Waals surface area contributed by atoms with E-state index < -0.39 is 5.63 Å². The number of methoxy groups -OCH3 is 1. The fourth-order valence-corrected chi connectivity index (χ4v) is 3.00. The molecule has 0 unspecified atom stereocenters. The van der Waals surface area contributed by atoms with E-state index in [9.17, 15) is 10.1 Å². The molecule has 0 spiro atoms. The van der Waals surface area contributed by atoms with Gasteiger partial charge in [0.1, 0.15) is 17.2 Å². The molecule has 0 saturated carbocycles. The van der Waals surface area contributed by atoms with Crippen molar-refractivity contribution >= 4 is 11.0 Å². The molecule has 0 fully saturated rings. The maximum Gasteiger partial charge on any atom is 0.345 e. The molecule has 5 heteroatoms. The van der Waals surface area contributed by atoms with E-state index >= 15 is 0 Å². The molecule has 0 saturated heterocycles. The molecule has 0 amide bonds. The standard InChI is InChI=1S/C22H14N2O3/c1-26-21-18(13-23)16(14-7-3-2-4-8-14)12-19(24-21)17-11-15-9-5-6-10-20(15)27-22(17)25/h2-12H,1H3. The van der Waals surface area contributed by atoms with Crippen LogP contribution in [0.4, 0.5) is 0 Å². The number of benzene rings is 2. The maximum absolute atomic E-state index is 12.5. The molecule has 5 nitrogen and oxygen atoms in total. The third-order valence-electron chi connectivity index (χ3n) is 4.29. The highest BCUT2D eigenvalue weighted by molar-refractivity contribution is 5.83. The minimum absolute atomic E-state index is 0.168. The lowest BCUT2D eigenvalue weighted by Crippen LogP contribution is -2.06. The molecule has 4 rings (SSSR count). The lowest BCUT2D eigenvalue weighted by Gasteiger charge is -2.11. The zero-order valence-corrected chi connectivity index (χ0v) is 14.5. The number of aromatic nitrogens is 1. The molecule has 27 heavy (non-hydrogen) atoms. The average molecular weight is 354 g/mol. The molecule has 0 N–H and O–H groups in total. The highest BCUT2D eigenvalue weighted by Crippen LogP contribution is 2.33. The van der Waals surface area contributed by atoms with Crippen LogP contribution in [0.3, 0.4) is 0 Å². The molecule has 2 heterocycles. The smallest absolute Gasteiger partial charge is 0.345 e. The van der Waals surface area contributed by atoms with Crippen LogP contribution >= 0.6 is 0 Å². The zero-order valence-electron chi connectivity index (χ0n) is 14.5. The van der Waals surface area contributed by atoms with E-state index in [1.165, 1.54) is 7.11 Å². The van der Waals surface area contributed by atoms with Crippen LogP contribution in [0.25, 0.3) is 33.4 Å². The molecule has 0 radical (unpaired) electrons.